The second-order valence-electron chi connectivity index (χ2n) is 8.76. The number of hydrogen-bond donors (Lipinski definition) is 1. The van der Waals surface area contributed by atoms with Gasteiger partial charge in [-0.25, -0.2) is 14.0 Å². The molecular formula is C20H26FN3O4. The highest BCUT2D eigenvalue weighted by Crippen LogP contribution is 2.56. The molecule has 1 aromatic rings. The number of amides is 2. The summed E-state index contributed by atoms with van der Waals surface area (Å²) in [6, 6.07) is 4.85. The molecule has 0 spiro atoms. The molecular weight excluding hydrogens is 365 g/mol. The van der Waals surface area contributed by atoms with Gasteiger partial charge >= 0.3 is 12.2 Å². The number of carbonyl (C=O) groups is 2. The molecule has 1 N–H and O–H groups in total. The second kappa shape index (κ2) is 6.62. The molecule has 2 amide bonds. The highest BCUT2D eigenvalue weighted by Gasteiger charge is 2.54. The number of anilines is 1. The van der Waals surface area contributed by atoms with Crippen molar-refractivity contribution < 1.29 is 23.5 Å². The van der Waals surface area contributed by atoms with Crippen molar-refractivity contribution in [2.45, 2.75) is 38.5 Å². The smallest absolute Gasteiger partial charge is 0.407 e. The molecule has 2 aliphatic heterocycles. The number of ether oxygens (including phenoxy) is 2. The average Bonchev–Trinajstić information content (AvgIpc) is 2.94. The molecule has 7 nitrogen and oxygen atoms in total. The Balaban J connectivity index is 1.42. The number of rotatable bonds is 3. The van der Waals surface area contributed by atoms with Crippen LogP contribution in [0.2, 0.25) is 0 Å². The third-order valence-corrected chi connectivity index (χ3v) is 6.04. The predicted octanol–water partition coefficient (Wildman–Crippen LogP) is 2.91. The lowest BCUT2D eigenvalue weighted by Gasteiger charge is -2.31. The number of nitrogens with one attached hydrogen (secondary N) is 1. The maximum atomic E-state index is 14.7. The Hall–Kier alpha value is -2.35. The van der Waals surface area contributed by atoms with E-state index in [-0.39, 0.29) is 18.3 Å². The minimum atomic E-state index is -1.03. The van der Waals surface area contributed by atoms with Crippen molar-refractivity contribution in [3.8, 4) is 0 Å². The van der Waals surface area contributed by atoms with E-state index in [1.54, 1.807) is 19.2 Å². The molecule has 3 aliphatic rings. The molecule has 1 aromatic carbocycles. The molecule has 2 heterocycles. The van der Waals surface area contributed by atoms with E-state index < -0.39 is 24.0 Å². The molecule has 0 bridgehead atoms. The summed E-state index contributed by atoms with van der Waals surface area (Å²) < 4.78 is 25.1. The lowest BCUT2D eigenvalue weighted by Crippen LogP contribution is -2.44. The third kappa shape index (κ3) is 3.30. The topological polar surface area (TPSA) is 71.1 Å². The van der Waals surface area contributed by atoms with Gasteiger partial charge in [0.1, 0.15) is 12.4 Å². The molecule has 4 rings (SSSR count). The summed E-state index contributed by atoms with van der Waals surface area (Å²) >= 11 is 0. The van der Waals surface area contributed by atoms with Gasteiger partial charge in [-0.1, -0.05) is 6.07 Å². The summed E-state index contributed by atoms with van der Waals surface area (Å²) in [5, 5.41) is 3.30. The van der Waals surface area contributed by atoms with Crippen LogP contribution in [0.5, 0.6) is 0 Å². The molecule has 1 aliphatic carbocycles. The lowest BCUT2D eigenvalue weighted by atomic mass is 10.1. The van der Waals surface area contributed by atoms with Crippen LogP contribution in [-0.4, -0.2) is 55.6 Å². The zero-order chi connectivity index (χ0) is 20.2. The van der Waals surface area contributed by atoms with E-state index in [0.717, 1.165) is 13.1 Å². The molecule has 8 heteroatoms. The van der Waals surface area contributed by atoms with Crippen LogP contribution in [0.3, 0.4) is 0 Å². The summed E-state index contributed by atoms with van der Waals surface area (Å²) in [4.78, 5) is 27.1. The monoisotopic (exact) mass is 391 g/mol. The van der Waals surface area contributed by atoms with E-state index >= 15 is 0 Å². The zero-order valence-electron chi connectivity index (χ0n) is 16.6. The Morgan fingerprint density at radius 2 is 2.00 bits per heavy atom. The van der Waals surface area contributed by atoms with Gasteiger partial charge in [0.25, 0.3) is 6.29 Å². The van der Waals surface area contributed by atoms with Crippen LogP contribution >= 0.6 is 0 Å². The van der Waals surface area contributed by atoms with Crippen molar-refractivity contribution in [1.82, 2.24) is 10.2 Å². The van der Waals surface area contributed by atoms with Gasteiger partial charge in [-0.05, 0) is 69.3 Å². The van der Waals surface area contributed by atoms with Crippen molar-refractivity contribution in [2.24, 2.45) is 11.8 Å². The number of benzene rings is 1. The molecule has 28 heavy (non-hydrogen) atoms. The van der Waals surface area contributed by atoms with Crippen LogP contribution in [0.15, 0.2) is 18.2 Å². The largest absolute Gasteiger partial charge is 0.417 e. The maximum absolute atomic E-state index is 14.7. The van der Waals surface area contributed by atoms with Crippen molar-refractivity contribution in [2.75, 3.05) is 31.6 Å². The standard InChI is InChI=1S/C20H26FN3O4/c1-20(2,3)23(4)18(25)27-16-10-24(19(26)28-16)11-5-6-12(15(21)7-11)17-13-8-22-9-14(13)17/h5-7,13-14,16-17,22H,8-10H2,1-4H3/t13-,14+,16-,17?/m0/s1. The van der Waals surface area contributed by atoms with Gasteiger partial charge in [0.2, 0.25) is 0 Å². The summed E-state index contributed by atoms with van der Waals surface area (Å²) in [6.45, 7) is 7.51. The van der Waals surface area contributed by atoms with Crippen LogP contribution in [0.25, 0.3) is 0 Å². The van der Waals surface area contributed by atoms with E-state index in [4.69, 9.17) is 9.47 Å². The van der Waals surface area contributed by atoms with Crippen LogP contribution in [0.1, 0.15) is 32.3 Å². The number of hydrogen-bond acceptors (Lipinski definition) is 5. The minimum absolute atomic E-state index is 0.0277. The summed E-state index contributed by atoms with van der Waals surface area (Å²) in [6.07, 6.45) is -2.26. The van der Waals surface area contributed by atoms with Crippen LogP contribution in [-0.2, 0) is 9.47 Å². The summed E-state index contributed by atoms with van der Waals surface area (Å²) in [5.41, 5.74) is 0.690. The van der Waals surface area contributed by atoms with Gasteiger partial charge in [0.15, 0.2) is 0 Å². The van der Waals surface area contributed by atoms with Gasteiger partial charge in [-0.3, -0.25) is 4.90 Å². The fraction of sp³-hybridized carbons (Fsp3) is 0.600. The number of halogens is 1. The molecule has 4 atom stereocenters. The van der Waals surface area contributed by atoms with E-state index in [9.17, 15) is 14.0 Å². The van der Waals surface area contributed by atoms with Crippen molar-refractivity contribution in [1.29, 1.82) is 0 Å². The Kier molecular flexibility index (Phi) is 4.49. The third-order valence-electron chi connectivity index (χ3n) is 6.04. The molecule has 2 saturated heterocycles. The van der Waals surface area contributed by atoms with Gasteiger partial charge < -0.3 is 19.7 Å². The van der Waals surface area contributed by atoms with Crippen molar-refractivity contribution >= 4 is 17.9 Å². The minimum Gasteiger partial charge on any atom is -0.407 e. The number of fused-ring (bicyclic) bond motifs is 1. The summed E-state index contributed by atoms with van der Waals surface area (Å²) in [5.74, 6) is 0.987. The van der Waals surface area contributed by atoms with Gasteiger partial charge in [-0.15, -0.1) is 0 Å². The average molecular weight is 391 g/mol. The number of cyclic esters (lactones) is 1. The van der Waals surface area contributed by atoms with Gasteiger partial charge in [0.05, 0.1) is 5.69 Å². The highest BCUT2D eigenvalue weighted by atomic mass is 19.1. The Labute approximate surface area is 163 Å². The zero-order valence-corrected chi connectivity index (χ0v) is 16.6. The first kappa shape index (κ1) is 19.0. The quantitative estimate of drug-likeness (QED) is 0.858. The molecule has 0 aromatic heterocycles. The predicted molar refractivity (Wildman–Crippen MR) is 101 cm³/mol. The van der Waals surface area contributed by atoms with Gasteiger partial charge in [0, 0.05) is 12.6 Å². The molecule has 0 radical (unpaired) electrons. The first-order valence-electron chi connectivity index (χ1n) is 9.59. The van der Waals surface area contributed by atoms with E-state index in [1.807, 2.05) is 20.8 Å². The first-order valence-corrected chi connectivity index (χ1v) is 9.59. The van der Waals surface area contributed by atoms with E-state index in [1.165, 1.54) is 15.9 Å². The van der Waals surface area contributed by atoms with Crippen LogP contribution in [0, 0.1) is 17.7 Å². The molecule has 1 saturated carbocycles. The van der Waals surface area contributed by atoms with Crippen LogP contribution < -0.4 is 10.2 Å². The van der Waals surface area contributed by atoms with Crippen molar-refractivity contribution in [3.05, 3.63) is 29.6 Å². The molecule has 3 fully saturated rings. The van der Waals surface area contributed by atoms with E-state index in [0.29, 0.717) is 23.1 Å². The highest BCUT2D eigenvalue weighted by molar-refractivity contribution is 5.89. The molecule has 152 valence electrons. The Bertz CT molecular complexity index is 799. The fourth-order valence-electron chi connectivity index (χ4n) is 4.01. The second-order valence-corrected chi connectivity index (χ2v) is 8.76. The van der Waals surface area contributed by atoms with E-state index in [2.05, 4.69) is 5.32 Å². The van der Waals surface area contributed by atoms with Crippen LogP contribution in [0.4, 0.5) is 19.7 Å². The number of carbonyl (C=O) groups excluding carboxylic acids is 2. The van der Waals surface area contributed by atoms with Crippen molar-refractivity contribution in [3.63, 3.8) is 0 Å². The summed E-state index contributed by atoms with van der Waals surface area (Å²) in [7, 11) is 1.62. The number of nitrogens with zero attached hydrogens (tertiary/aromatic N) is 2. The Morgan fingerprint density at radius 1 is 1.32 bits per heavy atom. The normalized spacial score (nSPS) is 28.8. The van der Waals surface area contributed by atoms with Gasteiger partial charge in [-0.2, -0.15) is 0 Å². The Morgan fingerprint density at radius 3 is 2.61 bits per heavy atom. The fourth-order valence-corrected chi connectivity index (χ4v) is 4.01. The molecule has 1 unspecified atom stereocenters. The first-order chi connectivity index (χ1) is 13.2. The number of piperidine rings is 1. The maximum Gasteiger partial charge on any atom is 0.417 e. The lowest BCUT2D eigenvalue weighted by molar-refractivity contribution is -0.0474. The SMILES string of the molecule is CN(C(=O)O[C@@H]1CN(c2ccc(C3[C@H]4CNC[C@@H]34)c(F)c2)C(=O)O1)C(C)(C)C.